The van der Waals surface area contributed by atoms with Crippen molar-refractivity contribution in [3.63, 3.8) is 0 Å². The molecule has 10 heteroatoms. The number of carboxylic acids is 1. The highest BCUT2D eigenvalue weighted by molar-refractivity contribution is 7.89. The van der Waals surface area contributed by atoms with Gasteiger partial charge in [0, 0.05) is 6.04 Å². The molecule has 4 aromatic carbocycles. The van der Waals surface area contributed by atoms with Crippen LogP contribution in [0.5, 0.6) is 17.2 Å². The highest BCUT2D eigenvalue weighted by Gasteiger charge is 2.27. The van der Waals surface area contributed by atoms with E-state index in [1.807, 2.05) is 30.3 Å². The van der Waals surface area contributed by atoms with Gasteiger partial charge >= 0.3 is 5.97 Å². The number of ether oxygens (including phenoxy) is 2. The van der Waals surface area contributed by atoms with Crippen molar-refractivity contribution in [1.29, 1.82) is 0 Å². The fourth-order valence-corrected chi connectivity index (χ4v) is 6.74. The Hall–Kier alpha value is -4.67. The Morgan fingerprint density at radius 2 is 1.39 bits per heavy atom. The van der Waals surface area contributed by atoms with Crippen LogP contribution in [0.2, 0.25) is 0 Å². The van der Waals surface area contributed by atoms with Crippen LogP contribution in [0.15, 0.2) is 102 Å². The first kappa shape index (κ1) is 30.8. The van der Waals surface area contributed by atoms with E-state index in [0.29, 0.717) is 35.0 Å². The fraction of sp³-hybridized carbons (Fsp3) is 0.235. The summed E-state index contributed by atoms with van der Waals surface area (Å²) in [5.41, 5.74) is 1.77. The lowest BCUT2D eigenvalue weighted by molar-refractivity contribution is -0.115. The van der Waals surface area contributed by atoms with Crippen LogP contribution in [0, 0.1) is 6.92 Å². The Labute approximate surface area is 256 Å². The number of sulfonamides is 1. The van der Waals surface area contributed by atoms with Crippen molar-refractivity contribution in [3.05, 3.63) is 114 Å². The third-order valence-corrected chi connectivity index (χ3v) is 9.14. The van der Waals surface area contributed by atoms with Gasteiger partial charge in [0.05, 0.1) is 28.7 Å². The van der Waals surface area contributed by atoms with Gasteiger partial charge in [-0.15, -0.1) is 0 Å². The summed E-state index contributed by atoms with van der Waals surface area (Å²) in [4.78, 5) is 24.1. The maximum Gasteiger partial charge on any atom is 0.337 e. The van der Waals surface area contributed by atoms with Crippen LogP contribution in [0.4, 0.5) is 5.69 Å². The molecule has 1 aliphatic rings. The summed E-state index contributed by atoms with van der Waals surface area (Å²) in [5, 5.41) is 12.0. The highest BCUT2D eigenvalue weighted by atomic mass is 32.2. The lowest BCUT2D eigenvalue weighted by Gasteiger charge is -2.29. The van der Waals surface area contributed by atoms with Crippen LogP contribution >= 0.6 is 0 Å². The van der Waals surface area contributed by atoms with Crippen molar-refractivity contribution < 1.29 is 32.6 Å². The minimum Gasteiger partial charge on any atom is -0.490 e. The Balaban J connectivity index is 1.07. The Morgan fingerprint density at radius 1 is 0.795 bits per heavy atom. The summed E-state index contributed by atoms with van der Waals surface area (Å²) < 4.78 is 40.6. The molecule has 1 saturated carbocycles. The molecule has 228 valence electrons. The van der Waals surface area contributed by atoms with Crippen molar-refractivity contribution in [2.45, 2.75) is 56.1 Å². The van der Waals surface area contributed by atoms with E-state index in [0.717, 1.165) is 24.0 Å². The summed E-state index contributed by atoms with van der Waals surface area (Å²) in [5.74, 6) is 0.520. The SMILES string of the molecule is Cc1ccccc1S(=O)(=O)NC1CCC(Oc2ccc(Oc3ccc(CC(=O)Nc4ccccc4C(=O)O)cc3)cc2)CC1. The number of aromatic carboxylic acids is 1. The summed E-state index contributed by atoms with van der Waals surface area (Å²) in [7, 11) is -3.56. The van der Waals surface area contributed by atoms with Gasteiger partial charge in [0.15, 0.2) is 0 Å². The molecule has 0 unspecified atom stereocenters. The number of anilines is 1. The highest BCUT2D eigenvalue weighted by Crippen LogP contribution is 2.28. The lowest BCUT2D eigenvalue weighted by Crippen LogP contribution is -2.39. The number of para-hydroxylation sites is 1. The number of carbonyl (C=O) groups is 2. The number of nitrogens with one attached hydrogen (secondary N) is 2. The van der Waals surface area contributed by atoms with E-state index in [2.05, 4.69) is 10.0 Å². The van der Waals surface area contributed by atoms with E-state index >= 15 is 0 Å². The average molecular weight is 615 g/mol. The maximum absolute atomic E-state index is 12.8. The zero-order chi connectivity index (χ0) is 31.1. The number of rotatable bonds is 11. The number of hydrogen-bond acceptors (Lipinski definition) is 6. The molecule has 5 rings (SSSR count). The number of aryl methyl sites for hydroxylation is 1. The monoisotopic (exact) mass is 614 g/mol. The first-order valence-corrected chi connectivity index (χ1v) is 15.9. The van der Waals surface area contributed by atoms with Gasteiger partial charge in [0.2, 0.25) is 15.9 Å². The molecular weight excluding hydrogens is 580 g/mol. The van der Waals surface area contributed by atoms with Crippen LogP contribution < -0.4 is 19.5 Å². The molecule has 9 nitrogen and oxygen atoms in total. The van der Waals surface area contributed by atoms with Gasteiger partial charge < -0.3 is 19.9 Å². The standard InChI is InChI=1S/C34H34N2O7S/c1-23-6-2-5-9-32(23)44(40,41)36-25-12-16-27(17-13-25)43-29-20-18-28(19-21-29)42-26-14-10-24(11-15-26)22-33(37)35-31-8-4-3-7-30(31)34(38)39/h2-11,14-15,18-21,25,27,36H,12-13,16-17,22H2,1H3,(H,35,37)(H,38,39). The number of carbonyl (C=O) groups excluding carboxylic acids is 1. The van der Waals surface area contributed by atoms with Crippen molar-refractivity contribution >= 4 is 27.6 Å². The van der Waals surface area contributed by atoms with Gasteiger partial charge in [-0.05, 0) is 98.3 Å². The second-order valence-corrected chi connectivity index (χ2v) is 12.5. The molecule has 1 amide bonds. The molecule has 0 bridgehead atoms. The third kappa shape index (κ3) is 8.03. The molecule has 0 aliphatic heterocycles. The molecule has 0 heterocycles. The second kappa shape index (κ2) is 13.7. The number of amides is 1. The quantitative estimate of drug-likeness (QED) is 0.180. The van der Waals surface area contributed by atoms with Crippen LogP contribution in [0.25, 0.3) is 0 Å². The van der Waals surface area contributed by atoms with E-state index < -0.39 is 16.0 Å². The molecule has 0 radical (unpaired) electrons. The average Bonchev–Trinajstić information content (AvgIpc) is 3.00. The molecule has 4 aromatic rings. The predicted molar refractivity (Wildman–Crippen MR) is 167 cm³/mol. The molecule has 0 saturated heterocycles. The van der Waals surface area contributed by atoms with Gasteiger partial charge in [0.25, 0.3) is 0 Å². The minimum atomic E-state index is -3.56. The third-order valence-electron chi connectivity index (χ3n) is 7.46. The van der Waals surface area contributed by atoms with Crippen LogP contribution in [-0.4, -0.2) is 37.5 Å². The zero-order valence-electron chi connectivity index (χ0n) is 24.2. The van der Waals surface area contributed by atoms with Gasteiger partial charge in [-0.3, -0.25) is 4.79 Å². The molecule has 0 atom stereocenters. The first-order chi connectivity index (χ1) is 21.2. The fourth-order valence-electron chi connectivity index (χ4n) is 5.19. The van der Waals surface area contributed by atoms with Gasteiger partial charge in [-0.2, -0.15) is 0 Å². The zero-order valence-corrected chi connectivity index (χ0v) is 25.0. The minimum absolute atomic E-state index is 0.00309. The largest absolute Gasteiger partial charge is 0.490 e. The first-order valence-electron chi connectivity index (χ1n) is 14.4. The van der Waals surface area contributed by atoms with E-state index in [1.54, 1.807) is 67.6 Å². The summed E-state index contributed by atoms with van der Waals surface area (Å²) in [6.07, 6.45) is 2.98. The van der Waals surface area contributed by atoms with Crippen LogP contribution in [-0.2, 0) is 21.2 Å². The molecule has 44 heavy (non-hydrogen) atoms. The smallest absolute Gasteiger partial charge is 0.337 e. The Kier molecular flexibility index (Phi) is 9.62. The molecular formula is C34H34N2O7S. The normalized spacial score (nSPS) is 16.6. The number of carboxylic acid groups (broad SMARTS) is 1. The van der Waals surface area contributed by atoms with Crippen LogP contribution in [0.3, 0.4) is 0 Å². The molecule has 0 aromatic heterocycles. The summed E-state index contributed by atoms with van der Waals surface area (Å²) >= 11 is 0. The van der Waals surface area contributed by atoms with E-state index in [4.69, 9.17) is 9.47 Å². The number of hydrogen-bond donors (Lipinski definition) is 3. The topological polar surface area (TPSA) is 131 Å². The van der Waals surface area contributed by atoms with Crippen molar-refractivity contribution in [1.82, 2.24) is 4.72 Å². The van der Waals surface area contributed by atoms with Crippen LogP contribution in [0.1, 0.15) is 47.2 Å². The Morgan fingerprint density at radius 3 is 2.05 bits per heavy atom. The predicted octanol–water partition coefficient (Wildman–Crippen LogP) is 6.34. The van der Waals surface area contributed by atoms with Gasteiger partial charge in [-0.1, -0.05) is 42.5 Å². The Bertz CT molecular complexity index is 1710. The molecule has 0 spiro atoms. The van der Waals surface area contributed by atoms with Crippen molar-refractivity contribution in [2.24, 2.45) is 0 Å². The molecule has 1 fully saturated rings. The van der Waals surface area contributed by atoms with Crippen molar-refractivity contribution in [3.8, 4) is 17.2 Å². The van der Waals surface area contributed by atoms with Gasteiger partial charge in [0.1, 0.15) is 17.2 Å². The van der Waals surface area contributed by atoms with E-state index in [-0.39, 0.29) is 35.7 Å². The van der Waals surface area contributed by atoms with E-state index in [9.17, 15) is 23.1 Å². The molecule has 3 N–H and O–H groups in total. The second-order valence-electron chi connectivity index (χ2n) is 10.8. The lowest BCUT2D eigenvalue weighted by atomic mass is 9.94. The summed E-state index contributed by atoms with van der Waals surface area (Å²) in [6.45, 7) is 1.79. The van der Waals surface area contributed by atoms with Crippen molar-refractivity contribution in [2.75, 3.05) is 5.32 Å². The maximum atomic E-state index is 12.8. The number of benzene rings is 4. The summed E-state index contributed by atoms with van der Waals surface area (Å²) in [6, 6.07) is 27.6. The van der Waals surface area contributed by atoms with E-state index in [1.165, 1.54) is 6.07 Å². The van der Waals surface area contributed by atoms with Gasteiger partial charge in [-0.25, -0.2) is 17.9 Å². The molecule has 1 aliphatic carbocycles.